The molecule has 0 aliphatic heterocycles. The van der Waals surface area contributed by atoms with Crippen LogP contribution in [-0.2, 0) is 6.42 Å². The summed E-state index contributed by atoms with van der Waals surface area (Å²) in [5.41, 5.74) is -0.0145. The van der Waals surface area contributed by atoms with Gasteiger partial charge < -0.3 is 0 Å². The Labute approximate surface area is 88.3 Å². The molecule has 1 aromatic rings. The molecule has 0 saturated carbocycles. The molecule has 0 atom stereocenters. The van der Waals surface area contributed by atoms with E-state index in [1.165, 1.54) is 4.57 Å². The van der Waals surface area contributed by atoms with Crippen LogP contribution >= 0.6 is 0 Å². The molecule has 1 rings (SSSR count). The van der Waals surface area contributed by atoms with Gasteiger partial charge >= 0.3 is 5.69 Å². The molecule has 4 nitrogen and oxygen atoms in total. The molecule has 0 radical (unpaired) electrons. The largest absolute Gasteiger partial charge is 0.328 e. The standard InChI is InChI=1S/C11H16N2O2/c1-4-5-6-9-7-13(8(2)3)11(15)12-10(9)14/h4,7-8H,1,5-6H2,2-3H3,(H,12,14,15). The number of aromatic amines is 1. The Morgan fingerprint density at radius 1 is 1.53 bits per heavy atom. The molecule has 82 valence electrons. The van der Waals surface area contributed by atoms with Gasteiger partial charge in [0.1, 0.15) is 0 Å². The molecule has 1 N–H and O–H groups in total. The fraction of sp³-hybridized carbons (Fsp3) is 0.455. The molecule has 0 aliphatic carbocycles. The highest BCUT2D eigenvalue weighted by Gasteiger charge is 2.05. The lowest BCUT2D eigenvalue weighted by molar-refractivity contribution is 0.555. The Bertz CT molecular complexity index is 454. The number of nitrogens with zero attached hydrogens (tertiary/aromatic N) is 1. The minimum atomic E-state index is -0.350. The molecule has 0 saturated heterocycles. The van der Waals surface area contributed by atoms with E-state index in [0.717, 1.165) is 6.42 Å². The molecule has 0 spiro atoms. The van der Waals surface area contributed by atoms with E-state index in [0.29, 0.717) is 12.0 Å². The molecular formula is C11H16N2O2. The molecule has 15 heavy (non-hydrogen) atoms. The third kappa shape index (κ3) is 2.68. The Balaban J connectivity index is 3.17. The summed E-state index contributed by atoms with van der Waals surface area (Å²) < 4.78 is 1.53. The summed E-state index contributed by atoms with van der Waals surface area (Å²) in [4.78, 5) is 25.1. The lowest BCUT2D eigenvalue weighted by Crippen LogP contribution is -2.32. The topological polar surface area (TPSA) is 54.9 Å². The second-order valence-electron chi connectivity index (χ2n) is 3.74. The zero-order chi connectivity index (χ0) is 11.4. The van der Waals surface area contributed by atoms with Crippen LogP contribution in [-0.4, -0.2) is 9.55 Å². The summed E-state index contributed by atoms with van der Waals surface area (Å²) in [7, 11) is 0. The summed E-state index contributed by atoms with van der Waals surface area (Å²) in [6.07, 6.45) is 4.74. The van der Waals surface area contributed by atoms with Gasteiger partial charge in [0, 0.05) is 17.8 Å². The maximum atomic E-state index is 11.4. The van der Waals surface area contributed by atoms with Crippen molar-refractivity contribution in [3.05, 3.63) is 45.3 Å². The number of allylic oxidation sites excluding steroid dienone is 1. The van der Waals surface area contributed by atoms with Gasteiger partial charge in [-0.15, -0.1) is 6.58 Å². The van der Waals surface area contributed by atoms with Crippen molar-refractivity contribution >= 4 is 0 Å². The quantitative estimate of drug-likeness (QED) is 0.757. The average molecular weight is 208 g/mol. The van der Waals surface area contributed by atoms with Crippen molar-refractivity contribution in [3.63, 3.8) is 0 Å². The Morgan fingerprint density at radius 2 is 2.20 bits per heavy atom. The molecule has 0 unspecified atom stereocenters. The minimum Gasteiger partial charge on any atom is -0.298 e. The second-order valence-corrected chi connectivity index (χ2v) is 3.74. The number of H-pyrrole nitrogens is 1. The first-order chi connectivity index (χ1) is 7.06. The number of hydrogen-bond donors (Lipinski definition) is 1. The van der Waals surface area contributed by atoms with E-state index in [1.54, 1.807) is 12.3 Å². The lowest BCUT2D eigenvalue weighted by atomic mass is 10.2. The Morgan fingerprint density at radius 3 is 2.73 bits per heavy atom. The summed E-state index contributed by atoms with van der Waals surface area (Å²) in [6, 6.07) is 0.0526. The van der Waals surface area contributed by atoms with Gasteiger partial charge in [-0.3, -0.25) is 14.3 Å². The van der Waals surface area contributed by atoms with Crippen LogP contribution in [0.2, 0.25) is 0 Å². The molecule has 1 heterocycles. The summed E-state index contributed by atoms with van der Waals surface area (Å²) in [5, 5.41) is 0. The predicted molar refractivity (Wildman–Crippen MR) is 60.2 cm³/mol. The molecule has 0 aliphatic rings. The first kappa shape index (κ1) is 11.5. The normalized spacial score (nSPS) is 10.6. The lowest BCUT2D eigenvalue weighted by Gasteiger charge is -2.10. The van der Waals surface area contributed by atoms with Crippen LogP contribution in [0.15, 0.2) is 28.4 Å². The van der Waals surface area contributed by atoms with Gasteiger partial charge in [0.2, 0.25) is 0 Å². The van der Waals surface area contributed by atoms with Gasteiger partial charge in [-0.25, -0.2) is 4.79 Å². The second kappa shape index (κ2) is 4.77. The summed E-state index contributed by atoms with van der Waals surface area (Å²) >= 11 is 0. The number of aryl methyl sites for hydroxylation is 1. The van der Waals surface area contributed by atoms with E-state index in [2.05, 4.69) is 11.6 Å². The molecule has 0 fully saturated rings. The molecule has 1 aromatic heterocycles. The van der Waals surface area contributed by atoms with E-state index in [1.807, 2.05) is 13.8 Å². The Kier molecular flexibility index (Phi) is 3.66. The minimum absolute atomic E-state index is 0.0526. The average Bonchev–Trinajstić information content (AvgIpc) is 2.16. The van der Waals surface area contributed by atoms with Crippen molar-refractivity contribution in [1.29, 1.82) is 0 Å². The van der Waals surface area contributed by atoms with Crippen molar-refractivity contribution < 1.29 is 0 Å². The van der Waals surface area contributed by atoms with Crippen LogP contribution in [0.25, 0.3) is 0 Å². The highest BCUT2D eigenvalue weighted by molar-refractivity contribution is 5.06. The van der Waals surface area contributed by atoms with Gasteiger partial charge in [-0.2, -0.15) is 0 Å². The van der Waals surface area contributed by atoms with Crippen LogP contribution in [0.3, 0.4) is 0 Å². The van der Waals surface area contributed by atoms with Gasteiger partial charge in [-0.05, 0) is 26.7 Å². The summed E-state index contributed by atoms with van der Waals surface area (Å²) in [5.74, 6) is 0. The monoisotopic (exact) mass is 208 g/mol. The Hall–Kier alpha value is -1.58. The maximum absolute atomic E-state index is 11.4. The highest BCUT2D eigenvalue weighted by Crippen LogP contribution is 2.01. The van der Waals surface area contributed by atoms with E-state index in [-0.39, 0.29) is 17.3 Å². The van der Waals surface area contributed by atoms with E-state index < -0.39 is 0 Å². The molecule has 4 heteroatoms. The number of aromatic nitrogens is 2. The fourth-order valence-corrected chi connectivity index (χ4v) is 1.35. The van der Waals surface area contributed by atoms with Gasteiger partial charge in [0.25, 0.3) is 5.56 Å². The molecular weight excluding hydrogens is 192 g/mol. The predicted octanol–water partition coefficient (Wildman–Crippen LogP) is 1.24. The number of hydrogen-bond acceptors (Lipinski definition) is 2. The molecule has 0 aromatic carbocycles. The summed E-state index contributed by atoms with van der Waals surface area (Å²) in [6.45, 7) is 7.40. The fourth-order valence-electron chi connectivity index (χ4n) is 1.35. The van der Waals surface area contributed by atoms with Gasteiger partial charge in [0.15, 0.2) is 0 Å². The SMILES string of the molecule is C=CCCc1cn(C(C)C)c(=O)[nH]c1=O. The van der Waals surface area contributed by atoms with E-state index in [9.17, 15) is 9.59 Å². The van der Waals surface area contributed by atoms with Crippen LogP contribution in [0.5, 0.6) is 0 Å². The first-order valence-electron chi connectivity index (χ1n) is 5.01. The first-order valence-corrected chi connectivity index (χ1v) is 5.01. The van der Waals surface area contributed by atoms with Crippen molar-refractivity contribution in [2.75, 3.05) is 0 Å². The number of rotatable bonds is 4. The van der Waals surface area contributed by atoms with Crippen molar-refractivity contribution in [2.45, 2.75) is 32.7 Å². The van der Waals surface area contributed by atoms with Crippen LogP contribution in [0, 0.1) is 0 Å². The third-order valence-corrected chi connectivity index (χ3v) is 2.22. The van der Waals surface area contributed by atoms with Crippen molar-refractivity contribution in [3.8, 4) is 0 Å². The zero-order valence-electron chi connectivity index (χ0n) is 9.12. The molecule has 0 amide bonds. The van der Waals surface area contributed by atoms with Crippen LogP contribution in [0.1, 0.15) is 31.9 Å². The van der Waals surface area contributed by atoms with E-state index in [4.69, 9.17) is 0 Å². The van der Waals surface area contributed by atoms with Gasteiger partial charge in [0.05, 0.1) is 0 Å². The van der Waals surface area contributed by atoms with Crippen molar-refractivity contribution in [2.24, 2.45) is 0 Å². The zero-order valence-corrected chi connectivity index (χ0v) is 9.12. The maximum Gasteiger partial charge on any atom is 0.328 e. The number of nitrogens with one attached hydrogen (secondary N) is 1. The smallest absolute Gasteiger partial charge is 0.298 e. The van der Waals surface area contributed by atoms with E-state index >= 15 is 0 Å². The van der Waals surface area contributed by atoms with Gasteiger partial charge in [-0.1, -0.05) is 6.08 Å². The molecule has 0 bridgehead atoms. The van der Waals surface area contributed by atoms with Crippen molar-refractivity contribution in [1.82, 2.24) is 9.55 Å². The van der Waals surface area contributed by atoms with Crippen LogP contribution < -0.4 is 11.2 Å². The third-order valence-electron chi connectivity index (χ3n) is 2.22. The highest BCUT2D eigenvalue weighted by atomic mass is 16.2. The van der Waals surface area contributed by atoms with Crippen LogP contribution in [0.4, 0.5) is 0 Å².